The summed E-state index contributed by atoms with van der Waals surface area (Å²) in [4.78, 5) is 14.5. The Bertz CT molecular complexity index is 396. The molecule has 5 heteroatoms. The molecule has 0 aliphatic rings. The molecular weight excluding hydrogens is 232 g/mol. The maximum atomic E-state index is 10.7. The Kier molecular flexibility index (Phi) is 4.67. The van der Waals surface area contributed by atoms with E-state index in [4.69, 9.17) is 10.2 Å². The zero-order valence-electron chi connectivity index (χ0n) is 11.0. The molecule has 0 aliphatic carbocycles. The average molecular weight is 252 g/mol. The first-order chi connectivity index (χ1) is 8.34. The van der Waals surface area contributed by atoms with Gasteiger partial charge in [0.1, 0.15) is 5.69 Å². The zero-order valence-corrected chi connectivity index (χ0v) is 11.0. The minimum atomic E-state index is -1.04. The first-order valence-electron chi connectivity index (χ1n) is 5.91. The van der Waals surface area contributed by atoms with Crippen LogP contribution in [-0.4, -0.2) is 33.8 Å². The van der Waals surface area contributed by atoms with Crippen molar-refractivity contribution in [3.05, 3.63) is 24.0 Å². The van der Waals surface area contributed by atoms with Gasteiger partial charge in [-0.05, 0) is 24.0 Å². The Morgan fingerprint density at radius 2 is 2.11 bits per heavy atom. The molecule has 5 nitrogen and oxygen atoms in total. The number of pyridine rings is 1. The molecule has 0 saturated heterocycles. The van der Waals surface area contributed by atoms with Gasteiger partial charge in [0, 0.05) is 12.6 Å². The number of carboxylic acids is 1. The van der Waals surface area contributed by atoms with E-state index in [1.807, 2.05) is 0 Å². The summed E-state index contributed by atoms with van der Waals surface area (Å²) in [7, 11) is 0. The summed E-state index contributed by atoms with van der Waals surface area (Å²) in [6.07, 6.45) is 2.13. The molecule has 0 radical (unpaired) electrons. The molecule has 0 bridgehead atoms. The standard InChI is InChI=1S/C13H20N2O3/c1-13(2,3)11(6-7-16)15-9-4-5-10(12(17)18)14-8-9/h4-5,8,11,15-16H,6-7H2,1-3H3,(H,17,18). The van der Waals surface area contributed by atoms with Crippen LogP contribution in [0.4, 0.5) is 5.69 Å². The third kappa shape index (κ3) is 4.00. The molecule has 0 fully saturated rings. The molecule has 0 saturated carbocycles. The minimum Gasteiger partial charge on any atom is -0.477 e. The second-order valence-corrected chi connectivity index (χ2v) is 5.31. The minimum absolute atomic E-state index is 0.00575. The number of nitrogens with one attached hydrogen (secondary N) is 1. The molecular formula is C13H20N2O3. The number of aromatic carboxylic acids is 1. The highest BCUT2D eigenvalue weighted by Gasteiger charge is 2.23. The molecule has 1 aromatic heterocycles. The molecule has 0 aromatic carbocycles. The van der Waals surface area contributed by atoms with E-state index in [1.54, 1.807) is 6.07 Å². The number of carboxylic acid groups (broad SMARTS) is 1. The highest BCUT2D eigenvalue weighted by atomic mass is 16.4. The molecule has 0 aliphatic heterocycles. The van der Waals surface area contributed by atoms with E-state index in [1.165, 1.54) is 12.3 Å². The van der Waals surface area contributed by atoms with Gasteiger partial charge in [-0.2, -0.15) is 0 Å². The zero-order chi connectivity index (χ0) is 13.8. The van der Waals surface area contributed by atoms with E-state index in [0.29, 0.717) is 6.42 Å². The third-order valence-electron chi connectivity index (χ3n) is 2.79. The van der Waals surface area contributed by atoms with Gasteiger partial charge in [-0.3, -0.25) is 0 Å². The number of nitrogens with zero attached hydrogens (tertiary/aromatic N) is 1. The summed E-state index contributed by atoms with van der Waals surface area (Å²) in [5.74, 6) is -1.04. The summed E-state index contributed by atoms with van der Waals surface area (Å²) in [6, 6.07) is 3.25. The summed E-state index contributed by atoms with van der Waals surface area (Å²) in [5.41, 5.74) is 0.775. The van der Waals surface area contributed by atoms with Crippen molar-refractivity contribution in [3.63, 3.8) is 0 Å². The number of aliphatic hydroxyl groups excluding tert-OH is 1. The molecule has 3 N–H and O–H groups in total. The molecule has 1 rings (SSSR count). The number of aromatic nitrogens is 1. The fourth-order valence-electron chi connectivity index (χ4n) is 1.66. The largest absolute Gasteiger partial charge is 0.477 e. The van der Waals surface area contributed by atoms with Crippen LogP contribution in [0.5, 0.6) is 0 Å². The van der Waals surface area contributed by atoms with Crippen LogP contribution in [0.3, 0.4) is 0 Å². The lowest BCUT2D eigenvalue weighted by molar-refractivity contribution is 0.0690. The number of carbonyl (C=O) groups is 1. The average Bonchev–Trinajstić information content (AvgIpc) is 2.28. The van der Waals surface area contributed by atoms with Crippen LogP contribution in [0, 0.1) is 5.41 Å². The monoisotopic (exact) mass is 252 g/mol. The van der Waals surface area contributed by atoms with Gasteiger partial charge in [-0.15, -0.1) is 0 Å². The van der Waals surface area contributed by atoms with Crippen molar-refractivity contribution >= 4 is 11.7 Å². The Morgan fingerprint density at radius 1 is 1.44 bits per heavy atom. The SMILES string of the molecule is CC(C)(C)C(CCO)Nc1ccc(C(=O)O)nc1. The Hall–Kier alpha value is -1.62. The van der Waals surface area contributed by atoms with Gasteiger partial charge in [-0.25, -0.2) is 9.78 Å². The van der Waals surface area contributed by atoms with Crippen molar-refractivity contribution in [3.8, 4) is 0 Å². The van der Waals surface area contributed by atoms with E-state index in [0.717, 1.165) is 5.69 Å². The van der Waals surface area contributed by atoms with E-state index in [2.05, 4.69) is 31.1 Å². The van der Waals surface area contributed by atoms with Crippen molar-refractivity contribution in [1.29, 1.82) is 0 Å². The number of hydrogen-bond acceptors (Lipinski definition) is 4. The summed E-state index contributed by atoms with van der Waals surface area (Å²) in [6.45, 7) is 6.35. The second kappa shape index (κ2) is 5.82. The highest BCUT2D eigenvalue weighted by molar-refractivity contribution is 5.85. The van der Waals surface area contributed by atoms with Gasteiger partial charge < -0.3 is 15.5 Å². The smallest absolute Gasteiger partial charge is 0.354 e. The number of aliphatic hydroxyl groups is 1. The Labute approximate surface area is 107 Å². The lowest BCUT2D eigenvalue weighted by Gasteiger charge is -2.31. The Morgan fingerprint density at radius 3 is 2.50 bits per heavy atom. The predicted molar refractivity (Wildman–Crippen MR) is 69.8 cm³/mol. The van der Waals surface area contributed by atoms with E-state index < -0.39 is 5.97 Å². The van der Waals surface area contributed by atoms with Crippen LogP contribution in [-0.2, 0) is 0 Å². The molecule has 100 valence electrons. The van der Waals surface area contributed by atoms with Gasteiger partial charge in [0.2, 0.25) is 0 Å². The lowest BCUT2D eigenvalue weighted by Crippen LogP contribution is -2.34. The molecule has 18 heavy (non-hydrogen) atoms. The van der Waals surface area contributed by atoms with Crippen LogP contribution in [0.1, 0.15) is 37.7 Å². The van der Waals surface area contributed by atoms with Gasteiger partial charge in [0.25, 0.3) is 0 Å². The predicted octanol–water partition coefficient (Wildman–Crippen LogP) is 1.99. The maximum absolute atomic E-state index is 10.7. The molecule has 1 aromatic rings. The van der Waals surface area contributed by atoms with Crippen molar-refractivity contribution in [2.75, 3.05) is 11.9 Å². The maximum Gasteiger partial charge on any atom is 0.354 e. The van der Waals surface area contributed by atoms with Crippen LogP contribution in [0.25, 0.3) is 0 Å². The lowest BCUT2D eigenvalue weighted by atomic mass is 9.85. The normalized spacial score (nSPS) is 13.1. The van der Waals surface area contributed by atoms with E-state index >= 15 is 0 Å². The van der Waals surface area contributed by atoms with E-state index in [9.17, 15) is 4.79 Å². The quantitative estimate of drug-likeness (QED) is 0.746. The third-order valence-corrected chi connectivity index (χ3v) is 2.79. The number of anilines is 1. The fraction of sp³-hybridized carbons (Fsp3) is 0.538. The number of hydrogen-bond donors (Lipinski definition) is 3. The fourth-order valence-corrected chi connectivity index (χ4v) is 1.66. The van der Waals surface area contributed by atoms with E-state index in [-0.39, 0.29) is 23.8 Å². The first-order valence-corrected chi connectivity index (χ1v) is 5.91. The van der Waals surface area contributed by atoms with Gasteiger partial charge >= 0.3 is 5.97 Å². The van der Waals surface area contributed by atoms with Crippen molar-refractivity contribution < 1.29 is 15.0 Å². The summed E-state index contributed by atoms with van der Waals surface area (Å²) < 4.78 is 0. The topological polar surface area (TPSA) is 82.5 Å². The van der Waals surface area contributed by atoms with Gasteiger partial charge in [0.15, 0.2) is 0 Å². The molecule has 0 amide bonds. The van der Waals surface area contributed by atoms with Gasteiger partial charge in [-0.1, -0.05) is 20.8 Å². The van der Waals surface area contributed by atoms with Crippen molar-refractivity contribution in [2.24, 2.45) is 5.41 Å². The highest BCUT2D eigenvalue weighted by Crippen LogP contribution is 2.25. The summed E-state index contributed by atoms with van der Waals surface area (Å²) in [5, 5.41) is 21.1. The molecule has 1 heterocycles. The summed E-state index contributed by atoms with van der Waals surface area (Å²) >= 11 is 0. The first kappa shape index (κ1) is 14.4. The molecule has 0 spiro atoms. The van der Waals surface area contributed by atoms with Crippen molar-refractivity contribution in [1.82, 2.24) is 4.98 Å². The van der Waals surface area contributed by atoms with Crippen LogP contribution in [0.15, 0.2) is 18.3 Å². The molecule has 1 atom stereocenters. The van der Waals surface area contributed by atoms with Gasteiger partial charge in [0.05, 0.1) is 11.9 Å². The Balaban J connectivity index is 2.78. The molecule has 1 unspecified atom stereocenters. The van der Waals surface area contributed by atoms with Crippen LogP contribution < -0.4 is 5.32 Å². The van der Waals surface area contributed by atoms with Crippen LogP contribution >= 0.6 is 0 Å². The van der Waals surface area contributed by atoms with Crippen molar-refractivity contribution in [2.45, 2.75) is 33.2 Å². The van der Waals surface area contributed by atoms with Crippen LogP contribution in [0.2, 0.25) is 0 Å². The second-order valence-electron chi connectivity index (χ2n) is 5.31. The number of rotatable bonds is 5.